The predicted molar refractivity (Wildman–Crippen MR) is 228 cm³/mol. The van der Waals surface area contributed by atoms with E-state index in [1.54, 1.807) is 0 Å². The molecule has 0 spiro atoms. The van der Waals surface area contributed by atoms with Crippen molar-refractivity contribution >= 4 is 71.7 Å². The van der Waals surface area contributed by atoms with Gasteiger partial charge in [-0.25, -0.2) is 0 Å². The van der Waals surface area contributed by atoms with Gasteiger partial charge in [-0.15, -0.1) is 0 Å². The Balaban J connectivity index is 1.19. The van der Waals surface area contributed by atoms with Gasteiger partial charge in [-0.05, 0) is 92.4 Å². The van der Waals surface area contributed by atoms with Crippen molar-refractivity contribution in [1.29, 1.82) is 0 Å². The molecular weight excluding hydrogens is 671 g/mol. The van der Waals surface area contributed by atoms with E-state index < -0.39 is 0 Å². The molecule has 2 aliphatic carbocycles. The first-order valence-corrected chi connectivity index (χ1v) is 19.3. The van der Waals surface area contributed by atoms with Crippen molar-refractivity contribution in [3.63, 3.8) is 0 Å². The number of hydrogen-bond donors (Lipinski definition) is 0. The molecule has 0 N–H and O–H groups in total. The first-order chi connectivity index (χ1) is 26.8. The lowest BCUT2D eigenvalue weighted by Gasteiger charge is -2.30. The summed E-state index contributed by atoms with van der Waals surface area (Å²) in [7, 11) is 0. The van der Waals surface area contributed by atoms with Gasteiger partial charge in [0.15, 0.2) is 0 Å². The molecule has 0 saturated heterocycles. The summed E-state index contributed by atoms with van der Waals surface area (Å²) in [4.78, 5) is 2.46. The molecule has 12 rings (SSSR count). The number of benzene rings is 8. The Morgan fingerprint density at radius 3 is 1.55 bits per heavy atom. The Kier molecular flexibility index (Phi) is 5.91. The standard InChI is InChI=1S/C52H37NO2/c1-51(2)39-19-10-7-14-32(39)34-26-24-30(28-41(34)51)53(31-25-27-35-33-15-8-11-20-40(33)52(3,4)42(35)29-31)43-21-13-23-45-47(43)48-49(55-45)37-17-6-5-16-36(37)46-38-18-9-12-22-44(38)54-50(46)48/h5-29H,1-4H3. The van der Waals surface area contributed by atoms with Gasteiger partial charge in [0.05, 0.1) is 16.5 Å². The van der Waals surface area contributed by atoms with Gasteiger partial charge in [0.2, 0.25) is 0 Å². The van der Waals surface area contributed by atoms with E-state index in [2.05, 4.69) is 178 Å². The molecule has 0 unspecified atom stereocenters. The van der Waals surface area contributed by atoms with Gasteiger partial charge in [0, 0.05) is 38.4 Å². The summed E-state index contributed by atoms with van der Waals surface area (Å²) >= 11 is 0. The second kappa shape index (κ2) is 10.5. The molecule has 262 valence electrons. The zero-order valence-corrected chi connectivity index (χ0v) is 31.2. The smallest absolute Gasteiger partial charge is 0.147 e. The molecule has 3 heteroatoms. The van der Waals surface area contributed by atoms with Crippen LogP contribution in [-0.2, 0) is 10.8 Å². The van der Waals surface area contributed by atoms with E-state index in [1.165, 1.54) is 44.5 Å². The zero-order valence-electron chi connectivity index (χ0n) is 31.2. The monoisotopic (exact) mass is 707 g/mol. The number of anilines is 3. The molecule has 3 nitrogen and oxygen atoms in total. The number of rotatable bonds is 3. The van der Waals surface area contributed by atoms with E-state index in [0.717, 1.165) is 71.7 Å². The third kappa shape index (κ3) is 3.95. The molecule has 0 fully saturated rings. The average Bonchev–Trinajstić information content (AvgIpc) is 3.92. The fourth-order valence-corrected chi connectivity index (χ4v) is 10.2. The van der Waals surface area contributed by atoms with Crippen LogP contribution in [-0.4, -0.2) is 0 Å². The molecule has 0 radical (unpaired) electrons. The van der Waals surface area contributed by atoms with Crippen molar-refractivity contribution in [2.24, 2.45) is 0 Å². The van der Waals surface area contributed by atoms with E-state index in [9.17, 15) is 0 Å². The minimum absolute atomic E-state index is 0.150. The van der Waals surface area contributed by atoms with E-state index in [-0.39, 0.29) is 10.8 Å². The Bertz CT molecular complexity index is 3170. The molecule has 2 aromatic heterocycles. The lowest BCUT2D eigenvalue weighted by Crippen LogP contribution is -2.18. The first kappa shape index (κ1) is 30.8. The summed E-state index contributed by atoms with van der Waals surface area (Å²) in [6.45, 7) is 9.42. The number of furan rings is 2. The molecular formula is C52H37NO2. The van der Waals surface area contributed by atoms with Crippen LogP contribution in [0, 0.1) is 0 Å². The van der Waals surface area contributed by atoms with E-state index in [0.29, 0.717) is 0 Å². The van der Waals surface area contributed by atoms with Crippen molar-refractivity contribution in [2.45, 2.75) is 38.5 Å². The number of fused-ring (bicyclic) bond motifs is 16. The van der Waals surface area contributed by atoms with E-state index >= 15 is 0 Å². The molecule has 2 aliphatic rings. The summed E-state index contributed by atoms with van der Waals surface area (Å²) in [5.41, 5.74) is 17.0. The number of nitrogens with zero attached hydrogens (tertiary/aromatic N) is 1. The third-order valence-electron chi connectivity index (χ3n) is 12.8. The van der Waals surface area contributed by atoms with Gasteiger partial charge in [0.1, 0.15) is 22.3 Å². The topological polar surface area (TPSA) is 29.5 Å². The van der Waals surface area contributed by atoms with Crippen molar-refractivity contribution < 1.29 is 8.83 Å². The average molecular weight is 708 g/mol. The maximum atomic E-state index is 6.94. The first-order valence-electron chi connectivity index (χ1n) is 19.3. The maximum Gasteiger partial charge on any atom is 0.147 e. The predicted octanol–water partition coefficient (Wildman–Crippen LogP) is 14.7. The molecule has 0 saturated carbocycles. The van der Waals surface area contributed by atoms with Crippen LogP contribution in [0.2, 0.25) is 0 Å². The molecule has 0 amide bonds. The Morgan fingerprint density at radius 2 is 0.891 bits per heavy atom. The molecule has 0 atom stereocenters. The quantitative estimate of drug-likeness (QED) is 0.183. The molecule has 8 aromatic carbocycles. The highest BCUT2D eigenvalue weighted by atomic mass is 16.3. The Hall–Kier alpha value is -6.58. The fraction of sp³-hybridized carbons (Fsp3) is 0.115. The van der Waals surface area contributed by atoms with Crippen LogP contribution in [0.1, 0.15) is 49.9 Å². The molecule has 55 heavy (non-hydrogen) atoms. The summed E-state index contributed by atoms with van der Waals surface area (Å²) in [6.07, 6.45) is 0. The van der Waals surface area contributed by atoms with E-state index in [1.807, 2.05) is 6.07 Å². The number of para-hydroxylation sites is 1. The summed E-state index contributed by atoms with van der Waals surface area (Å²) in [5.74, 6) is 0. The largest absolute Gasteiger partial charge is 0.455 e. The summed E-state index contributed by atoms with van der Waals surface area (Å²) < 4.78 is 13.8. The van der Waals surface area contributed by atoms with Crippen molar-refractivity contribution in [3.8, 4) is 22.3 Å². The normalized spacial score (nSPS) is 14.8. The van der Waals surface area contributed by atoms with Gasteiger partial charge in [-0.2, -0.15) is 0 Å². The highest BCUT2D eigenvalue weighted by Crippen LogP contribution is 2.55. The van der Waals surface area contributed by atoms with Crippen LogP contribution in [0.5, 0.6) is 0 Å². The second-order valence-corrected chi connectivity index (χ2v) is 16.4. The van der Waals surface area contributed by atoms with Gasteiger partial charge >= 0.3 is 0 Å². The minimum Gasteiger partial charge on any atom is -0.455 e. The zero-order chi connectivity index (χ0) is 36.8. The van der Waals surface area contributed by atoms with Crippen LogP contribution < -0.4 is 4.90 Å². The Labute approximate surface area is 319 Å². The lowest BCUT2D eigenvalue weighted by atomic mass is 9.82. The van der Waals surface area contributed by atoms with Crippen molar-refractivity contribution in [3.05, 3.63) is 174 Å². The summed E-state index contributed by atoms with van der Waals surface area (Å²) in [5, 5.41) is 6.49. The maximum absolute atomic E-state index is 6.94. The van der Waals surface area contributed by atoms with Crippen molar-refractivity contribution in [1.82, 2.24) is 0 Å². The lowest BCUT2D eigenvalue weighted by molar-refractivity contribution is 0.660. The second-order valence-electron chi connectivity index (χ2n) is 16.4. The van der Waals surface area contributed by atoms with Gasteiger partial charge in [-0.1, -0.05) is 137 Å². The summed E-state index contributed by atoms with van der Waals surface area (Å²) in [6, 6.07) is 55.3. The highest BCUT2D eigenvalue weighted by molar-refractivity contribution is 6.35. The molecule has 10 aromatic rings. The Morgan fingerprint density at radius 1 is 0.382 bits per heavy atom. The number of hydrogen-bond acceptors (Lipinski definition) is 3. The van der Waals surface area contributed by atoms with Gasteiger partial charge < -0.3 is 13.7 Å². The third-order valence-corrected chi connectivity index (χ3v) is 12.8. The van der Waals surface area contributed by atoms with Crippen molar-refractivity contribution in [2.75, 3.05) is 4.90 Å². The van der Waals surface area contributed by atoms with Crippen LogP contribution in [0.25, 0.3) is 76.9 Å². The van der Waals surface area contributed by atoms with Crippen LogP contribution >= 0.6 is 0 Å². The van der Waals surface area contributed by atoms with Gasteiger partial charge in [0.25, 0.3) is 0 Å². The SMILES string of the molecule is CC1(C)c2ccccc2-c2ccc(N(c3ccc4c(c3)C(C)(C)c3ccccc3-4)c3cccc4oc5c6ccccc6c6c7ccccc7oc6c5c34)cc21. The van der Waals surface area contributed by atoms with Crippen LogP contribution in [0.15, 0.2) is 160 Å². The van der Waals surface area contributed by atoms with Gasteiger partial charge in [-0.3, -0.25) is 0 Å². The molecule has 0 bridgehead atoms. The highest BCUT2D eigenvalue weighted by Gasteiger charge is 2.38. The van der Waals surface area contributed by atoms with Crippen LogP contribution in [0.4, 0.5) is 17.1 Å². The fourth-order valence-electron chi connectivity index (χ4n) is 10.2. The van der Waals surface area contributed by atoms with Crippen LogP contribution in [0.3, 0.4) is 0 Å². The minimum atomic E-state index is -0.150. The molecule has 0 aliphatic heterocycles. The molecule has 2 heterocycles. The van der Waals surface area contributed by atoms with E-state index in [4.69, 9.17) is 8.83 Å².